The fraction of sp³-hybridized carbons (Fsp3) is 0.500. The molecule has 0 unspecified atom stereocenters. The molecule has 10 nitrogen and oxygen atoms in total. The van der Waals surface area contributed by atoms with Crippen molar-refractivity contribution in [3.8, 4) is 22.5 Å². The van der Waals surface area contributed by atoms with Crippen molar-refractivity contribution in [2.24, 2.45) is 0 Å². The van der Waals surface area contributed by atoms with Crippen LogP contribution in [0.15, 0.2) is 48.8 Å². The third kappa shape index (κ3) is 17.6. The normalized spacial score (nSPS) is 10.1. The van der Waals surface area contributed by atoms with Gasteiger partial charge in [0.05, 0.1) is 0 Å². The Hall–Kier alpha value is -4.08. The Morgan fingerprint density at radius 2 is 0.952 bits per heavy atom. The van der Waals surface area contributed by atoms with Crippen LogP contribution in [0.4, 0.5) is 11.9 Å². The molecule has 0 spiro atoms. The molecule has 0 atom stereocenters. The molecular formula is C32H48N6O4. The van der Waals surface area contributed by atoms with Gasteiger partial charge in [0.1, 0.15) is 0 Å². The molecule has 2 heterocycles. The topological polar surface area (TPSA) is 178 Å². The number of aromatic nitrogens is 4. The Morgan fingerprint density at radius 1 is 0.571 bits per heavy atom. The van der Waals surface area contributed by atoms with Gasteiger partial charge in [-0.15, -0.1) is 0 Å². The summed E-state index contributed by atoms with van der Waals surface area (Å²) in [5.74, 6) is -0.631. The molecule has 1 aromatic carbocycles. The van der Waals surface area contributed by atoms with E-state index in [1.54, 1.807) is 12.4 Å². The van der Waals surface area contributed by atoms with E-state index in [1.807, 2.05) is 36.4 Å². The molecular weight excluding hydrogens is 532 g/mol. The van der Waals surface area contributed by atoms with E-state index < -0.39 is 11.9 Å². The molecule has 2 aromatic heterocycles. The third-order valence-corrected chi connectivity index (χ3v) is 6.32. The van der Waals surface area contributed by atoms with Crippen LogP contribution in [-0.2, 0) is 9.59 Å². The van der Waals surface area contributed by atoms with E-state index in [0.717, 1.165) is 42.4 Å². The van der Waals surface area contributed by atoms with Crippen molar-refractivity contribution in [2.45, 2.75) is 104 Å². The molecule has 0 saturated carbocycles. The zero-order valence-electron chi connectivity index (χ0n) is 25.2. The first-order chi connectivity index (χ1) is 20.3. The summed E-state index contributed by atoms with van der Waals surface area (Å²) in [6.45, 7) is 4.36. The zero-order chi connectivity index (χ0) is 31.0. The highest BCUT2D eigenvalue weighted by atomic mass is 16.4. The summed E-state index contributed by atoms with van der Waals surface area (Å²) in [7, 11) is 0. The van der Waals surface area contributed by atoms with Crippen LogP contribution in [0.3, 0.4) is 0 Å². The predicted molar refractivity (Wildman–Crippen MR) is 169 cm³/mol. The summed E-state index contributed by atoms with van der Waals surface area (Å²) in [5.41, 5.74) is 14.2. The van der Waals surface area contributed by atoms with Crippen LogP contribution in [0.2, 0.25) is 0 Å². The predicted octanol–water partition coefficient (Wildman–Crippen LogP) is 7.41. The monoisotopic (exact) mass is 580 g/mol. The highest BCUT2D eigenvalue weighted by molar-refractivity contribution is 5.68. The number of carbonyl (C=O) groups is 2. The van der Waals surface area contributed by atoms with Crippen LogP contribution < -0.4 is 11.5 Å². The van der Waals surface area contributed by atoms with Crippen LogP contribution in [-0.4, -0.2) is 42.1 Å². The summed E-state index contributed by atoms with van der Waals surface area (Å²) in [4.78, 5) is 36.1. The number of pyridine rings is 1. The summed E-state index contributed by atoms with van der Waals surface area (Å²) < 4.78 is 0. The average molecular weight is 581 g/mol. The minimum atomic E-state index is -0.666. The van der Waals surface area contributed by atoms with Crippen molar-refractivity contribution in [1.82, 2.24) is 19.9 Å². The van der Waals surface area contributed by atoms with Crippen LogP contribution >= 0.6 is 0 Å². The van der Waals surface area contributed by atoms with Gasteiger partial charge in [0.25, 0.3) is 0 Å². The van der Waals surface area contributed by atoms with E-state index in [-0.39, 0.29) is 11.9 Å². The zero-order valence-corrected chi connectivity index (χ0v) is 25.2. The van der Waals surface area contributed by atoms with Gasteiger partial charge in [0, 0.05) is 30.8 Å². The number of benzene rings is 1. The standard InChI is InChI=1S/C14H12N6.2C9H18O2/c15-13-18-12(19-14(16)20-13)11-3-1-9(2-4-11)10-5-7-17-8-6-10;2*1-2-3-4-5-6-7-8-9(10)11/h1-8H,(H4,15,16,18,19,20);2*2-8H2,1H3,(H,10,11). The van der Waals surface area contributed by atoms with Gasteiger partial charge in [0.2, 0.25) is 11.9 Å². The molecule has 42 heavy (non-hydrogen) atoms. The summed E-state index contributed by atoms with van der Waals surface area (Å²) in [5, 5.41) is 16.6. The number of anilines is 2. The molecule has 0 aliphatic carbocycles. The molecule has 3 aromatic rings. The van der Waals surface area contributed by atoms with Gasteiger partial charge in [-0.3, -0.25) is 14.6 Å². The van der Waals surface area contributed by atoms with E-state index >= 15 is 0 Å². The number of aliphatic carboxylic acids is 2. The molecule has 0 aliphatic rings. The van der Waals surface area contributed by atoms with Gasteiger partial charge in [-0.05, 0) is 36.1 Å². The largest absolute Gasteiger partial charge is 0.481 e. The van der Waals surface area contributed by atoms with E-state index in [2.05, 4.69) is 33.8 Å². The Kier molecular flexibility index (Phi) is 19.3. The van der Waals surface area contributed by atoms with Crippen molar-refractivity contribution < 1.29 is 19.8 Å². The Labute approximate surface area is 250 Å². The number of nitrogens with two attached hydrogens (primary N) is 2. The van der Waals surface area contributed by atoms with E-state index in [4.69, 9.17) is 21.7 Å². The number of rotatable bonds is 16. The molecule has 0 saturated heterocycles. The fourth-order valence-corrected chi connectivity index (χ4v) is 4.01. The molecule has 0 radical (unpaired) electrons. The fourth-order valence-electron chi connectivity index (χ4n) is 4.01. The molecule has 10 heteroatoms. The average Bonchev–Trinajstić information content (AvgIpc) is 2.97. The van der Waals surface area contributed by atoms with Crippen LogP contribution in [0.25, 0.3) is 22.5 Å². The van der Waals surface area contributed by atoms with Gasteiger partial charge in [-0.25, -0.2) is 0 Å². The molecule has 6 N–H and O–H groups in total. The molecule has 3 rings (SSSR count). The summed E-state index contributed by atoms with van der Waals surface area (Å²) in [6.07, 6.45) is 18.0. The van der Waals surface area contributed by atoms with Crippen LogP contribution in [0, 0.1) is 0 Å². The van der Waals surface area contributed by atoms with E-state index in [9.17, 15) is 9.59 Å². The van der Waals surface area contributed by atoms with Crippen molar-refractivity contribution in [3.63, 3.8) is 0 Å². The number of nitrogen functional groups attached to an aromatic ring is 2. The van der Waals surface area contributed by atoms with Crippen LogP contribution in [0.5, 0.6) is 0 Å². The third-order valence-electron chi connectivity index (χ3n) is 6.32. The van der Waals surface area contributed by atoms with E-state index in [0.29, 0.717) is 18.7 Å². The lowest BCUT2D eigenvalue weighted by atomic mass is 10.1. The first kappa shape index (κ1) is 35.9. The maximum absolute atomic E-state index is 10.1. The lowest BCUT2D eigenvalue weighted by Gasteiger charge is -2.04. The van der Waals surface area contributed by atoms with Crippen molar-refractivity contribution >= 4 is 23.8 Å². The SMILES string of the molecule is CCCCCCCCC(=O)O.CCCCCCCCC(=O)O.Nc1nc(N)nc(-c2ccc(-c3ccncc3)cc2)n1. The molecule has 0 bridgehead atoms. The first-order valence-electron chi connectivity index (χ1n) is 15.0. The van der Waals surface area contributed by atoms with Gasteiger partial charge in [0.15, 0.2) is 5.82 Å². The maximum atomic E-state index is 10.1. The van der Waals surface area contributed by atoms with Crippen LogP contribution in [0.1, 0.15) is 104 Å². The molecule has 0 aliphatic heterocycles. The Morgan fingerprint density at radius 3 is 1.38 bits per heavy atom. The lowest BCUT2D eigenvalue weighted by Crippen LogP contribution is -2.04. The maximum Gasteiger partial charge on any atom is 0.303 e. The molecule has 0 amide bonds. The van der Waals surface area contributed by atoms with Gasteiger partial charge < -0.3 is 21.7 Å². The van der Waals surface area contributed by atoms with Gasteiger partial charge in [-0.2, -0.15) is 15.0 Å². The second-order valence-electron chi connectivity index (χ2n) is 10.0. The molecule has 0 fully saturated rings. The van der Waals surface area contributed by atoms with Crippen molar-refractivity contribution in [3.05, 3.63) is 48.8 Å². The molecule has 230 valence electrons. The number of unbranched alkanes of at least 4 members (excludes halogenated alkanes) is 10. The van der Waals surface area contributed by atoms with Crippen molar-refractivity contribution in [2.75, 3.05) is 11.5 Å². The number of carboxylic acid groups (broad SMARTS) is 2. The summed E-state index contributed by atoms with van der Waals surface area (Å²) in [6, 6.07) is 11.7. The number of hydrogen-bond donors (Lipinski definition) is 4. The lowest BCUT2D eigenvalue weighted by molar-refractivity contribution is -0.138. The second-order valence-corrected chi connectivity index (χ2v) is 10.0. The number of carboxylic acids is 2. The number of nitrogens with zero attached hydrogens (tertiary/aromatic N) is 4. The van der Waals surface area contributed by atoms with Gasteiger partial charge in [-0.1, -0.05) is 102 Å². The quantitative estimate of drug-likeness (QED) is 0.125. The Balaban J connectivity index is 0.000000345. The number of hydrogen-bond acceptors (Lipinski definition) is 8. The Bertz CT molecular complexity index is 1100. The van der Waals surface area contributed by atoms with Crippen molar-refractivity contribution in [1.29, 1.82) is 0 Å². The summed E-state index contributed by atoms with van der Waals surface area (Å²) >= 11 is 0. The minimum Gasteiger partial charge on any atom is -0.481 e. The minimum absolute atomic E-state index is 0.116. The van der Waals surface area contributed by atoms with Gasteiger partial charge >= 0.3 is 11.9 Å². The smallest absolute Gasteiger partial charge is 0.303 e. The second kappa shape index (κ2) is 22.6. The highest BCUT2D eigenvalue weighted by Crippen LogP contribution is 2.23. The van der Waals surface area contributed by atoms with E-state index in [1.165, 1.54) is 51.4 Å². The highest BCUT2D eigenvalue weighted by Gasteiger charge is 2.05. The first-order valence-corrected chi connectivity index (χ1v) is 15.0.